The van der Waals surface area contributed by atoms with Crippen LogP contribution < -0.4 is 5.73 Å². The summed E-state index contributed by atoms with van der Waals surface area (Å²) in [5, 5.41) is 5.01. The molecule has 0 bridgehead atoms. The monoisotopic (exact) mass is 327 g/mol. The van der Waals surface area contributed by atoms with Crippen molar-refractivity contribution in [1.29, 1.82) is 0 Å². The Morgan fingerprint density at radius 2 is 2.11 bits per heavy atom. The molecule has 1 unspecified atom stereocenters. The maximum absolute atomic E-state index is 6.22. The maximum Gasteiger partial charge on any atom is 0.0596 e. The van der Waals surface area contributed by atoms with Crippen molar-refractivity contribution in [2.24, 2.45) is 12.8 Å². The smallest absolute Gasteiger partial charge is 0.0596 e. The highest BCUT2D eigenvalue weighted by Crippen LogP contribution is 2.24. The summed E-state index contributed by atoms with van der Waals surface area (Å²) >= 11 is 9.46. The minimum atomic E-state index is -0.0881. The van der Waals surface area contributed by atoms with Crippen LogP contribution in [-0.4, -0.2) is 9.78 Å². The average molecular weight is 329 g/mol. The molecule has 0 radical (unpaired) electrons. The Morgan fingerprint density at radius 1 is 1.39 bits per heavy atom. The fourth-order valence-corrected chi connectivity index (χ4v) is 2.87. The van der Waals surface area contributed by atoms with Gasteiger partial charge in [-0.1, -0.05) is 27.5 Å². The molecule has 2 rings (SSSR count). The van der Waals surface area contributed by atoms with Gasteiger partial charge >= 0.3 is 0 Å². The Labute approximate surface area is 120 Å². The van der Waals surface area contributed by atoms with E-state index in [1.165, 1.54) is 0 Å². The molecule has 0 fully saturated rings. The largest absolute Gasteiger partial charge is 0.324 e. The Bertz CT molecular complexity index is 545. The van der Waals surface area contributed by atoms with Crippen LogP contribution in [0.5, 0.6) is 0 Å². The van der Waals surface area contributed by atoms with Crippen molar-refractivity contribution < 1.29 is 0 Å². The number of nitrogens with zero attached hydrogens (tertiary/aromatic N) is 2. The molecule has 96 valence electrons. The lowest BCUT2D eigenvalue weighted by Crippen LogP contribution is -2.15. The van der Waals surface area contributed by atoms with E-state index in [0.717, 1.165) is 27.8 Å². The van der Waals surface area contributed by atoms with Crippen molar-refractivity contribution >= 4 is 27.5 Å². The molecule has 0 aliphatic carbocycles. The van der Waals surface area contributed by atoms with Gasteiger partial charge in [0.25, 0.3) is 0 Å². The fraction of sp³-hybridized carbons (Fsp3) is 0.308. The van der Waals surface area contributed by atoms with Gasteiger partial charge in [0.1, 0.15) is 0 Å². The third-order valence-corrected chi connectivity index (χ3v) is 3.52. The lowest BCUT2D eigenvalue weighted by molar-refractivity contribution is 0.639. The number of hydrogen-bond acceptors (Lipinski definition) is 2. The molecule has 0 saturated carbocycles. The van der Waals surface area contributed by atoms with E-state index in [1.807, 2.05) is 36.9 Å². The lowest BCUT2D eigenvalue weighted by Gasteiger charge is -2.13. The minimum absolute atomic E-state index is 0.0881. The highest BCUT2D eigenvalue weighted by molar-refractivity contribution is 9.10. The van der Waals surface area contributed by atoms with Crippen molar-refractivity contribution in [3.8, 4) is 0 Å². The molecule has 1 aromatic heterocycles. The quantitative estimate of drug-likeness (QED) is 0.938. The first-order valence-electron chi connectivity index (χ1n) is 5.67. The predicted octanol–water partition coefficient (Wildman–Crippen LogP) is 3.39. The summed E-state index contributed by atoms with van der Waals surface area (Å²) in [5.74, 6) is 0. The van der Waals surface area contributed by atoms with E-state index < -0.39 is 0 Å². The summed E-state index contributed by atoms with van der Waals surface area (Å²) in [6.45, 7) is 1.98. The van der Waals surface area contributed by atoms with Gasteiger partial charge in [0.2, 0.25) is 0 Å². The van der Waals surface area contributed by atoms with Crippen LogP contribution in [0.25, 0.3) is 0 Å². The van der Waals surface area contributed by atoms with Gasteiger partial charge in [0, 0.05) is 34.7 Å². The molecule has 3 nitrogen and oxygen atoms in total. The first-order valence-corrected chi connectivity index (χ1v) is 6.84. The standard InChI is InChI=1S/C13H15BrClN3/c1-8-3-12(18(2)17-8)7-13(16)9-4-10(14)6-11(15)5-9/h3-6,13H,7,16H2,1-2H3. The van der Waals surface area contributed by atoms with E-state index in [2.05, 4.69) is 27.1 Å². The second-order valence-electron chi connectivity index (χ2n) is 4.41. The Balaban J connectivity index is 2.21. The first kappa shape index (κ1) is 13.6. The van der Waals surface area contributed by atoms with Gasteiger partial charge in [-0.15, -0.1) is 0 Å². The zero-order valence-electron chi connectivity index (χ0n) is 10.3. The van der Waals surface area contributed by atoms with Gasteiger partial charge < -0.3 is 5.73 Å². The number of aromatic nitrogens is 2. The maximum atomic E-state index is 6.22. The predicted molar refractivity (Wildman–Crippen MR) is 77.7 cm³/mol. The van der Waals surface area contributed by atoms with Crippen molar-refractivity contribution in [3.05, 3.63) is 50.7 Å². The van der Waals surface area contributed by atoms with E-state index in [9.17, 15) is 0 Å². The second kappa shape index (κ2) is 5.43. The minimum Gasteiger partial charge on any atom is -0.324 e. The van der Waals surface area contributed by atoms with Crippen LogP contribution in [0.1, 0.15) is 23.0 Å². The van der Waals surface area contributed by atoms with Gasteiger partial charge in [-0.25, -0.2) is 0 Å². The zero-order chi connectivity index (χ0) is 13.3. The molecule has 0 aliphatic heterocycles. The third-order valence-electron chi connectivity index (χ3n) is 2.84. The number of hydrogen-bond donors (Lipinski definition) is 1. The van der Waals surface area contributed by atoms with E-state index in [-0.39, 0.29) is 6.04 Å². The van der Waals surface area contributed by atoms with Crippen molar-refractivity contribution in [2.45, 2.75) is 19.4 Å². The van der Waals surface area contributed by atoms with Crippen LogP contribution in [0.15, 0.2) is 28.7 Å². The molecule has 0 aliphatic rings. The highest BCUT2D eigenvalue weighted by atomic mass is 79.9. The molecule has 1 aromatic carbocycles. The first-order chi connectivity index (χ1) is 8.45. The number of benzene rings is 1. The summed E-state index contributed by atoms with van der Waals surface area (Å²) in [4.78, 5) is 0. The molecule has 0 saturated heterocycles. The van der Waals surface area contributed by atoms with Crippen LogP contribution in [-0.2, 0) is 13.5 Å². The van der Waals surface area contributed by atoms with E-state index >= 15 is 0 Å². The topological polar surface area (TPSA) is 43.8 Å². The zero-order valence-corrected chi connectivity index (χ0v) is 12.7. The van der Waals surface area contributed by atoms with E-state index in [4.69, 9.17) is 17.3 Å². The van der Waals surface area contributed by atoms with Crippen LogP contribution in [0, 0.1) is 6.92 Å². The second-order valence-corrected chi connectivity index (χ2v) is 5.77. The SMILES string of the molecule is Cc1cc(CC(N)c2cc(Cl)cc(Br)c2)n(C)n1. The van der Waals surface area contributed by atoms with Gasteiger partial charge in [0.15, 0.2) is 0 Å². The molecule has 2 aromatic rings. The van der Waals surface area contributed by atoms with Crippen LogP contribution in [0.2, 0.25) is 5.02 Å². The molecule has 0 amide bonds. The molecule has 5 heteroatoms. The van der Waals surface area contributed by atoms with Gasteiger partial charge in [0.05, 0.1) is 5.69 Å². The number of nitrogens with two attached hydrogens (primary N) is 1. The molecule has 1 atom stereocenters. The Kier molecular flexibility index (Phi) is 4.10. The summed E-state index contributed by atoms with van der Waals surface area (Å²) in [6.07, 6.45) is 0.740. The number of rotatable bonds is 3. The summed E-state index contributed by atoms with van der Waals surface area (Å²) < 4.78 is 2.82. The molecule has 18 heavy (non-hydrogen) atoms. The number of aryl methyl sites for hydroxylation is 2. The third kappa shape index (κ3) is 3.13. The van der Waals surface area contributed by atoms with Crippen LogP contribution in [0.3, 0.4) is 0 Å². The lowest BCUT2D eigenvalue weighted by atomic mass is 10.0. The van der Waals surface area contributed by atoms with E-state index in [0.29, 0.717) is 5.02 Å². The molecule has 1 heterocycles. The molecule has 0 spiro atoms. The average Bonchev–Trinajstić information content (AvgIpc) is 2.56. The Morgan fingerprint density at radius 3 is 2.67 bits per heavy atom. The highest BCUT2D eigenvalue weighted by Gasteiger charge is 2.12. The molecular formula is C13H15BrClN3. The summed E-state index contributed by atoms with van der Waals surface area (Å²) in [5.41, 5.74) is 9.37. The van der Waals surface area contributed by atoms with Crippen molar-refractivity contribution in [3.63, 3.8) is 0 Å². The van der Waals surface area contributed by atoms with Crippen molar-refractivity contribution in [1.82, 2.24) is 9.78 Å². The van der Waals surface area contributed by atoms with Crippen LogP contribution >= 0.6 is 27.5 Å². The Hall–Kier alpha value is -0.840. The van der Waals surface area contributed by atoms with Crippen LogP contribution in [0.4, 0.5) is 0 Å². The molecular weight excluding hydrogens is 314 g/mol. The van der Waals surface area contributed by atoms with Gasteiger partial charge in [-0.2, -0.15) is 5.10 Å². The molecule has 2 N–H and O–H groups in total. The van der Waals surface area contributed by atoms with Gasteiger partial charge in [-0.3, -0.25) is 4.68 Å². The van der Waals surface area contributed by atoms with Crippen molar-refractivity contribution in [2.75, 3.05) is 0 Å². The normalized spacial score (nSPS) is 12.7. The summed E-state index contributed by atoms with van der Waals surface area (Å²) in [7, 11) is 1.93. The van der Waals surface area contributed by atoms with Gasteiger partial charge in [-0.05, 0) is 36.8 Å². The summed E-state index contributed by atoms with van der Waals surface area (Å²) in [6, 6.07) is 7.72. The number of halogens is 2. The fourth-order valence-electron chi connectivity index (χ4n) is 1.99. The van der Waals surface area contributed by atoms with E-state index in [1.54, 1.807) is 0 Å².